The normalized spacial score (nSPS) is 12.8. The molecule has 0 radical (unpaired) electrons. The molecule has 2 aromatic heterocycles. The molecule has 0 spiro atoms. The molecule has 3 rings (SSSR count). The number of nitrogens with zero attached hydrogens (tertiary/aromatic N) is 4. The number of pyridine rings is 1. The Morgan fingerprint density at radius 1 is 1.33 bits per heavy atom. The van der Waals surface area contributed by atoms with Crippen LogP contribution in [0.2, 0.25) is 5.02 Å². The third-order valence-electron chi connectivity index (χ3n) is 3.42. The second kappa shape index (κ2) is 5.73. The number of rotatable bonds is 3. The van der Waals surface area contributed by atoms with E-state index in [0.29, 0.717) is 11.6 Å². The highest BCUT2D eigenvalue weighted by molar-refractivity contribution is 9.09. The second-order valence-corrected chi connectivity index (χ2v) is 6.72. The Balaban J connectivity index is 2.01. The standard InChI is InChI=1S/C15H14BrClN4/c1-9-11-5-3-4-6-12(11)18-14(15(9)17)8-21-7-13(10(2)16)19-20-21/h3-7,10H,8H2,1-2H3. The van der Waals surface area contributed by atoms with Crippen LogP contribution < -0.4 is 0 Å². The minimum Gasteiger partial charge on any atom is -0.249 e. The lowest BCUT2D eigenvalue weighted by atomic mass is 10.1. The first-order valence-electron chi connectivity index (χ1n) is 6.64. The van der Waals surface area contributed by atoms with Crippen molar-refractivity contribution in [1.82, 2.24) is 20.0 Å². The summed E-state index contributed by atoms with van der Waals surface area (Å²) in [5.74, 6) is 0. The summed E-state index contributed by atoms with van der Waals surface area (Å²) in [6.45, 7) is 4.54. The van der Waals surface area contributed by atoms with Crippen LogP contribution in [0.3, 0.4) is 0 Å². The van der Waals surface area contributed by atoms with E-state index in [1.807, 2.05) is 44.3 Å². The van der Waals surface area contributed by atoms with Crippen molar-refractivity contribution in [3.63, 3.8) is 0 Å². The van der Waals surface area contributed by atoms with E-state index < -0.39 is 0 Å². The first-order chi connectivity index (χ1) is 10.1. The van der Waals surface area contributed by atoms with Gasteiger partial charge in [0.05, 0.1) is 39.5 Å². The molecule has 0 aliphatic rings. The van der Waals surface area contributed by atoms with Gasteiger partial charge in [0.25, 0.3) is 0 Å². The van der Waals surface area contributed by atoms with Crippen molar-refractivity contribution >= 4 is 38.4 Å². The SMILES string of the molecule is Cc1c(Cl)c(Cn2cc(C(C)Br)nn2)nc2ccccc12. The van der Waals surface area contributed by atoms with Gasteiger partial charge in [0.15, 0.2) is 0 Å². The Hall–Kier alpha value is -1.46. The molecule has 0 aliphatic carbocycles. The number of benzene rings is 1. The number of aromatic nitrogens is 4. The maximum atomic E-state index is 6.46. The Morgan fingerprint density at radius 2 is 2.10 bits per heavy atom. The molecular formula is C15H14BrClN4. The number of hydrogen-bond donors (Lipinski definition) is 0. The van der Waals surface area contributed by atoms with E-state index in [4.69, 9.17) is 11.6 Å². The fourth-order valence-corrected chi connectivity index (χ4v) is 2.66. The molecule has 2 heterocycles. The summed E-state index contributed by atoms with van der Waals surface area (Å²) in [6.07, 6.45) is 1.90. The first kappa shape index (κ1) is 14.5. The second-order valence-electron chi connectivity index (χ2n) is 4.97. The summed E-state index contributed by atoms with van der Waals surface area (Å²) in [4.78, 5) is 4.83. The van der Waals surface area contributed by atoms with Crippen LogP contribution in [0, 0.1) is 6.92 Å². The lowest BCUT2D eigenvalue weighted by Gasteiger charge is -2.09. The summed E-state index contributed by atoms with van der Waals surface area (Å²) in [5.41, 5.74) is 3.70. The Morgan fingerprint density at radius 3 is 2.81 bits per heavy atom. The number of alkyl halides is 1. The highest BCUT2D eigenvalue weighted by Gasteiger charge is 2.12. The number of hydrogen-bond acceptors (Lipinski definition) is 3. The number of halogens is 2. The molecule has 1 unspecified atom stereocenters. The van der Waals surface area contributed by atoms with Gasteiger partial charge in [-0.15, -0.1) is 5.10 Å². The average Bonchev–Trinajstić information content (AvgIpc) is 2.93. The first-order valence-corrected chi connectivity index (χ1v) is 7.93. The molecule has 1 aromatic carbocycles. The molecule has 0 saturated heterocycles. The molecule has 6 heteroatoms. The van der Waals surface area contributed by atoms with Crippen LogP contribution in [-0.4, -0.2) is 20.0 Å². The minimum atomic E-state index is 0.174. The van der Waals surface area contributed by atoms with Gasteiger partial charge in [0.1, 0.15) is 0 Å². The van der Waals surface area contributed by atoms with Crippen LogP contribution in [0.15, 0.2) is 30.5 Å². The molecule has 0 amide bonds. The smallest absolute Gasteiger partial charge is 0.0960 e. The molecule has 0 fully saturated rings. The van der Waals surface area contributed by atoms with Gasteiger partial charge < -0.3 is 0 Å². The zero-order chi connectivity index (χ0) is 15.0. The lowest BCUT2D eigenvalue weighted by Crippen LogP contribution is -2.05. The van der Waals surface area contributed by atoms with Gasteiger partial charge in [-0.1, -0.05) is 50.9 Å². The van der Waals surface area contributed by atoms with Crippen LogP contribution in [-0.2, 0) is 6.54 Å². The molecular weight excluding hydrogens is 352 g/mol. The average molecular weight is 366 g/mol. The molecule has 3 aromatic rings. The lowest BCUT2D eigenvalue weighted by molar-refractivity contribution is 0.639. The largest absolute Gasteiger partial charge is 0.249 e. The maximum Gasteiger partial charge on any atom is 0.0960 e. The highest BCUT2D eigenvalue weighted by atomic mass is 79.9. The third kappa shape index (κ3) is 2.80. The van der Waals surface area contributed by atoms with E-state index >= 15 is 0 Å². The van der Waals surface area contributed by atoms with E-state index in [-0.39, 0.29) is 4.83 Å². The molecule has 4 nitrogen and oxygen atoms in total. The maximum absolute atomic E-state index is 6.46. The summed E-state index contributed by atoms with van der Waals surface area (Å²) < 4.78 is 1.76. The van der Waals surface area contributed by atoms with Crippen molar-refractivity contribution < 1.29 is 0 Å². The molecule has 1 atom stereocenters. The predicted octanol–water partition coefficient (Wildman–Crippen LogP) is 4.29. The quantitative estimate of drug-likeness (QED) is 0.650. The van der Waals surface area contributed by atoms with Gasteiger partial charge in [-0.05, 0) is 25.5 Å². The van der Waals surface area contributed by atoms with E-state index in [1.54, 1.807) is 4.68 Å². The van der Waals surface area contributed by atoms with Crippen molar-refractivity contribution in [1.29, 1.82) is 0 Å². The van der Waals surface area contributed by atoms with Crippen molar-refractivity contribution in [3.05, 3.63) is 52.4 Å². The Kier molecular flexibility index (Phi) is 3.95. The van der Waals surface area contributed by atoms with E-state index in [0.717, 1.165) is 27.9 Å². The van der Waals surface area contributed by atoms with Crippen LogP contribution in [0.5, 0.6) is 0 Å². The van der Waals surface area contributed by atoms with Crippen molar-refractivity contribution in [3.8, 4) is 0 Å². The van der Waals surface area contributed by atoms with Crippen molar-refractivity contribution in [2.24, 2.45) is 0 Å². The summed E-state index contributed by atoms with van der Waals surface area (Å²) in [5, 5.41) is 10.0. The number of para-hydroxylation sites is 1. The van der Waals surface area contributed by atoms with Crippen LogP contribution in [0.4, 0.5) is 0 Å². The highest BCUT2D eigenvalue weighted by Crippen LogP contribution is 2.27. The number of fused-ring (bicyclic) bond motifs is 1. The van der Waals surface area contributed by atoms with E-state index in [2.05, 4.69) is 31.2 Å². The van der Waals surface area contributed by atoms with Gasteiger partial charge in [-0.25, -0.2) is 9.67 Å². The summed E-state index contributed by atoms with van der Waals surface area (Å²) in [6, 6.07) is 8.00. The van der Waals surface area contributed by atoms with E-state index in [9.17, 15) is 0 Å². The topological polar surface area (TPSA) is 43.6 Å². The van der Waals surface area contributed by atoms with E-state index in [1.165, 1.54) is 0 Å². The monoisotopic (exact) mass is 364 g/mol. The van der Waals surface area contributed by atoms with Gasteiger partial charge in [0, 0.05) is 5.39 Å². The minimum absolute atomic E-state index is 0.174. The van der Waals surface area contributed by atoms with Gasteiger partial charge in [-0.2, -0.15) is 0 Å². The summed E-state index contributed by atoms with van der Waals surface area (Å²) in [7, 11) is 0. The van der Waals surface area contributed by atoms with Gasteiger partial charge in [-0.3, -0.25) is 0 Å². The molecule has 0 saturated carbocycles. The third-order valence-corrected chi connectivity index (χ3v) is 4.39. The molecule has 0 N–H and O–H groups in total. The zero-order valence-electron chi connectivity index (χ0n) is 11.7. The van der Waals surface area contributed by atoms with Crippen LogP contribution in [0.25, 0.3) is 10.9 Å². The number of aryl methyl sites for hydroxylation is 1. The van der Waals surface area contributed by atoms with Crippen molar-refractivity contribution in [2.45, 2.75) is 25.2 Å². The van der Waals surface area contributed by atoms with Gasteiger partial charge in [0.2, 0.25) is 0 Å². The fraction of sp³-hybridized carbons (Fsp3) is 0.267. The molecule has 0 bridgehead atoms. The molecule has 21 heavy (non-hydrogen) atoms. The Labute approximate surface area is 136 Å². The Bertz CT molecular complexity index is 797. The zero-order valence-corrected chi connectivity index (χ0v) is 14.1. The predicted molar refractivity (Wildman–Crippen MR) is 88.0 cm³/mol. The fourth-order valence-electron chi connectivity index (χ4n) is 2.25. The van der Waals surface area contributed by atoms with Gasteiger partial charge >= 0.3 is 0 Å². The van der Waals surface area contributed by atoms with Crippen LogP contribution >= 0.6 is 27.5 Å². The molecule has 108 valence electrons. The van der Waals surface area contributed by atoms with Crippen molar-refractivity contribution in [2.75, 3.05) is 0 Å². The molecule has 0 aliphatic heterocycles. The van der Waals surface area contributed by atoms with Crippen LogP contribution in [0.1, 0.15) is 28.7 Å². The summed E-state index contributed by atoms with van der Waals surface area (Å²) >= 11 is 9.94.